The van der Waals surface area contributed by atoms with Crippen LogP contribution in [0.1, 0.15) is 0 Å². The van der Waals surface area contributed by atoms with Crippen molar-refractivity contribution in [2.75, 3.05) is 9.80 Å². The van der Waals surface area contributed by atoms with Crippen molar-refractivity contribution in [1.82, 2.24) is 0 Å². The fourth-order valence-electron chi connectivity index (χ4n) is 9.37. The van der Waals surface area contributed by atoms with Gasteiger partial charge < -0.3 is 9.80 Å². The molecule has 2 nitrogen and oxygen atoms in total. The minimum absolute atomic E-state index is 0.0403. The maximum absolute atomic E-state index is 16.7. The average molecular weight is 941 g/mol. The summed E-state index contributed by atoms with van der Waals surface area (Å²) in [4.78, 5) is 3.57. The first kappa shape index (κ1) is 44.7. The van der Waals surface area contributed by atoms with Crippen LogP contribution in [0.15, 0.2) is 170 Å². The summed E-state index contributed by atoms with van der Waals surface area (Å²) in [5.41, 5.74) is 3.22. The molecule has 0 aliphatic carbocycles. The van der Waals surface area contributed by atoms with Crippen LogP contribution < -0.4 is 20.2 Å². The molecule has 0 radical (unpaired) electrons. The monoisotopic (exact) mass is 940 g/mol. The first-order chi connectivity index (χ1) is 32.4. The Morgan fingerprint density at radius 2 is 0.706 bits per heavy atom. The molecule has 0 aliphatic heterocycles. The molecule has 10 rings (SSSR count). The summed E-state index contributed by atoms with van der Waals surface area (Å²) in [6.07, 6.45) is 0. The topological polar surface area (TPSA) is 6.48 Å². The van der Waals surface area contributed by atoms with E-state index in [1.165, 1.54) is 58.9 Å². The standard InChI is InChI=1S/C58H46F6N2Si2/c1-67(2,3)43-21-17-41(18-22-43)65(55-31-47(49(61)33-51(55)63)37-9-7-11-39(59)29-37)53-27-15-35-14-26-46-54(28-16-36-13-25-45(53)57(35)58(36)46)66(42-19-23-44(24-20-42)68(4,5)6)56-32-48(50(62)34-52(56)64)38-10-8-12-40(60)30-38/h7-34H,1-6H3. The highest BCUT2D eigenvalue weighted by Gasteiger charge is 2.28. The molecule has 0 N–H and O–H groups in total. The van der Waals surface area contributed by atoms with E-state index in [-0.39, 0.29) is 33.6 Å². The normalized spacial score (nSPS) is 12.1. The lowest BCUT2D eigenvalue weighted by Gasteiger charge is -2.30. The SMILES string of the molecule is C[Si](C)(C)c1ccc(N(c2cc(-c3cccc(F)c3)c(F)cc2F)c2ccc3ccc4c(N(c5ccc([Si](C)(C)C)cc5)c5cc(-c6cccc(F)c6)c(F)cc5F)ccc5ccc2c3c54)cc1. The molecule has 0 aromatic heterocycles. The third kappa shape index (κ3) is 8.01. The number of hydrogen-bond donors (Lipinski definition) is 0. The fraction of sp³-hybridized carbons (Fsp3) is 0.103. The van der Waals surface area contributed by atoms with Gasteiger partial charge in [-0.2, -0.15) is 0 Å². The van der Waals surface area contributed by atoms with Crippen molar-refractivity contribution in [1.29, 1.82) is 0 Å². The van der Waals surface area contributed by atoms with Crippen molar-refractivity contribution in [2.24, 2.45) is 0 Å². The van der Waals surface area contributed by atoms with Crippen molar-refractivity contribution in [3.63, 3.8) is 0 Å². The van der Waals surface area contributed by atoms with Gasteiger partial charge in [0, 0.05) is 45.4 Å². The molecular formula is C58H46F6N2Si2. The zero-order valence-electron chi connectivity index (χ0n) is 38.3. The molecule has 0 bridgehead atoms. The minimum Gasteiger partial charge on any atom is -0.307 e. The van der Waals surface area contributed by atoms with Crippen LogP contribution in [-0.4, -0.2) is 16.1 Å². The van der Waals surface area contributed by atoms with E-state index in [2.05, 4.69) is 63.5 Å². The molecule has 0 spiro atoms. The molecule has 0 unspecified atom stereocenters. The third-order valence-corrected chi connectivity index (χ3v) is 17.0. The molecule has 0 saturated heterocycles. The van der Waals surface area contributed by atoms with Gasteiger partial charge in [0.15, 0.2) is 0 Å². The Kier molecular flexibility index (Phi) is 11.1. The quantitative estimate of drug-likeness (QED) is 0.0766. The Morgan fingerprint density at radius 1 is 0.338 bits per heavy atom. The molecule has 10 aromatic carbocycles. The highest BCUT2D eigenvalue weighted by molar-refractivity contribution is 6.89. The predicted molar refractivity (Wildman–Crippen MR) is 276 cm³/mol. The second-order valence-electron chi connectivity index (χ2n) is 19.4. The molecule has 10 heteroatoms. The molecule has 338 valence electrons. The first-order valence-corrected chi connectivity index (χ1v) is 29.5. The fourth-order valence-corrected chi connectivity index (χ4v) is 11.7. The van der Waals surface area contributed by atoms with Crippen LogP contribution in [-0.2, 0) is 0 Å². The summed E-state index contributed by atoms with van der Waals surface area (Å²) < 4.78 is 94.0. The number of hydrogen-bond acceptors (Lipinski definition) is 2. The lowest BCUT2D eigenvalue weighted by Crippen LogP contribution is -2.37. The van der Waals surface area contributed by atoms with Gasteiger partial charge >= 0.3 is 0 Å². The van der Waals surface area contributed by atoms with E-state index in [9.17, 15) is 8.78 Å². The van der Waals surface area contributed by atoms with Crippen LogP contribution in [0.25, 0.3) is 54.6 Å². The van der Waals surface area contributed by atoms with Gasteiger partial charge in [0.05, 0.1) is 38.9 Å². The summed E-state index contributed by atoms with van der Waals surface area (Å²) in [7, 11) is -3.51. The van der Waals surface area contributed by atoms with E-state index in [4.69, 9.17) is 0 Å². The van der Waals surface area contributed by atoms with E-state index in [0.717, 1.165) is 44.5 Å². The number of benzene rings is 10. The van der Waals surface area contributed by atoms with Gasteiger partial charge in [-0.15, -0.1) is 0 Å². The van der Waals surface area contributed by atoms with Gasteiger partial charge in [0.25, 0.3) is 0 Å². The van der Waals surface area contributed by atoms with Gasteiger partial charge in [-0.1, -0.05) is 135 Å². The molecule has 0 saturated carbocycles. The zero-order valence-corrected chi connectivity index (χ0v) is 40.3. The van der Waals surface area contributed by atoms with Crippen molar-refractivity contribution in [2.45, 2.75) is 39.3 Å². The van der Waals surface area contributed by atoms with E-state index in [1.54, 1.807) is 21.9 Å². The van der Waals surface area contributed by atoms with Crippen molar-refractivity contribution < 1.29 is 26.3 Å². The summed E-state index contributed by atoms with van der Waals surface area (Å²) in [5.74, 6) is -4.36. The van der Waals surface area contributed by atoms with E-state index >= 15 is 17.6 Å². The van der Waals surface area contributed by atoms with Crippen LogP contribution in [0.2, 0.25) is 39.3 Å². The van der Waals surface area contributed by atoms with Gasteiger partial charge in [-0.05, 0) is 105 Å². The Morgan fingerprint density at radius 3 is 1.06 bits per heavy atom. The number of halogens is 6. The minimum atomic E-state index is -1.76. The van der Waals surface area contributed by atoms with E-state index in [0.29, 0.717) is 22.7 Å². The molecule has 0 atom stereocenters. The van der Waals surface area contributed by atoms with Gasteiger partial charge in [-0.25, -0.2) is 26.3 Å². The Labute approximate surface area is 393 Å². The van der Waals surface area contributed by atoms with Crippen LogP contribution in [0.3, 0.4) is 0 Å². The van der Waals surface area contributed by atoms with Gasteiger partial charge in [0.1, 0.15) is 34.9 Å². The van der Waals surface area contributed by atoms with Crippen LogP contribution in [0.4, 0.5) is 60.5 Å². The average Bonchev–Trinajstić information content (AvgIpc) is 3.30. The van der Waals surface area contributed by atoms with Crippen LogP contribution in [0, 0.1) is 34.9 Å². The van der Waals surface area contributed by atoms with E-state index < -0.39 is 51.1 Å². The Bertz CT molecular complexity index is 3330. The number of anilines is 6. The number of nitrogens with zero attached hydrogens (tertiary/aromatic N) is 2. The van der Waals surface area contributed by atoms with Crippen molar-refractivity contribution in [3.8, 4) is 22.3 Å². The second kappa shape index (κ2) is 16.9. The zero-order chi connectivity index (χ0) is 47.8. The van der Waals surface area contributed by atoms with Crippen molar-refractivity contribution in [3.05, 3.63) is 205 Å². The number of rotatable bonds is 10. The molecule has 0 aliphatic rings. The molecule has 0 amide bonds. The van der Waals surface area contributed by atoms with E-state index in [1.807, 2.05) is 72.8 Å². The lowest BCUT2D eigenvalue weighted by atomic mass is 9.91. The molecule has 0 fully saturated rings. The summed E-state index contributed by atoms with van der Waals surface area (Å²) in [6, 6.07) is 47.6. The highest BCUT2D eigenvalue weighted by Crippen LogP contribution is 2.49. The second-order valence-corrected chi connectivity index (χ2v) is 29.6. The van der Waals surface area contributed by atoms with Crippen LogP contribution in [0.5, 0.6) is 0 Å². The van der Waals surface area contributed by atoms with Crippen LogP contribution >= 0.6 is 0 Å². The predicted octanol–water partition coefficient (Wildman–Crippen LogP) is 16.8. The smallest absolute Gasteiger partial charge is 0.150 e. The maximum atomic E-state index is 16.7. The highest BCUT2D eigenvalue weighted by atomic mass is 28.3. The first-order valence-electron chi connectivity index (χ1n) is 22.5. The Balaban J connectivity index is 1.23. The summed E-state index contributed by atoms with van der Waals surface area (Å²) in [6.45, 7) is 13.5. The van der Waals surface area contributed by atoms with Gasteiger partial charge in [0.2, 0.25) is 0 Å². The summed E-state index contributed by atoms with van der Waals surface area (Å²) >= 11 is 0. The van der Waals surface area contributed by atoms with Crippen molar-refractivity contribution >= 4 is 93.0 Å². The van der Waals surface area contributed by atoms with Gasteiger partial charge in [-0.3, -0.25) is 0 Å². The molecule has 10 aromatic rings. The third-order valence-electron chi connectivity index (χ3n) is 12.9. The maximum Gasteiger partial charge on any atom is 0.150 e. The lowest BCUT2D eigenvalue weighted by molar-refractivity contribution is 0.585. The molecular weight excluding hydrogens is 895 g/mol. The molecule has 0 heterocycles. The molecule has 68 heavy (non-hydrogen) atoms. The summed E-state index contributed by atoms with van der Waals surface area (Å²) in [5, 5.41) is 7.40. The largest absolute Gasteiger partial charge is 0.307 e. The Hall–Kier alpha value is -7.15.